The molecular weight excluding hydrogens is 447 g/mol. The van der Waals surface area contributed by atoms with Crippen LogP contribution in [-0.2, 0) is 11.2 Å². The predicted molar refractivity (Wildman–Crippen MR) is 144 cm³/mol. The van der Waals surface area contributed by atoms with Gasteiger partial charge in [0.05, 0.1) is 5.57 Å². The van der Waals surface area contributed by atoms with Crippen molar-refractivity contribution in [2.75, 3.05) is 18.8 Å². The molecule has 1 aromatic carbocycles. The van der Waals surface area contributed by atoms with Gasteiger partial charge in [-0.15, -0.1) is 11.8 Å². The Bertz CT molecular complexity index is 714. The van der Waals surface area contributed by atoms with E-state index in [0.29, 0.717) is 5.57 Å². The highest BCUT2D eigenvalue weighted by Crippen LogP contribution is 2.28. The summed E-state index contributed by atoms with van der Waals surface area (Å²) in [4.78, 5) is 13.5. The number of aliphatic carboxylic acids is 1. The first-order valence-corrected chi connectivity index (χ1v) is 14.0. The summed E-state index contributed by atoms with van der Waals surface area (Å²) in [6.07, 6.45) is 19.2. The molecule has 0 aliphatic carbocycles. The van der Waals surface area contributed by atoms with Crippen LogP contribution in [0.5, 0.6) is 0 Å². The number of nitrogens with two attached hydrogens (primary N) is 1. The monoisotopic (exact) mass is 492 g/mol. The maximum atomic E-state index is 12.9. The van der Waals surface area contributed by atoms with Crippen molar-refractivity contribution >= 4 is 17.7 Å². The molecule has 0 bridgehead atoms. The Balaban J connectivity index is 0.000000445. The number of hydrogen-bond donors (Lipinski definition) is 2. The lowest BCUT2D eigenvalue weighted by Gasteiger charge is -2.32. The summed E-state index contributed by atoms with van der Waals surface area (Å²) >= 11 is 1.66. The molecule has 0 radical (unpaired) electrons. The topological polar surface area (TPSA) is 66.6 Å². The second-order valence-electron chi connectivity index (χ2n) is 8.72. The minimum Gasteiger partial charge on any atom is -0.478 e. The number of carboxylic acid groups (broad SMARTS) is 1. The van der Waals surface area contributed by atoms with E-state index in [-0.39, 0.29) is 11.2 Å². The summed E-state index contributed by atoms with van der Waals surface area (Å²) in [6, 6.07) is 6.55. The van der Waals surface area contributed by atoms with E-state index in [1.807, 2.05) is 6.20 Å². The highest BCUT2D eigenvalue weighted by molar-refractivity contribution is 8.00. The van der Waals surface area contributed by atoms with Crippen LogP contribution in [-0.4, -0.2) is 40.2 Å². The van der Waals surface area contributed by atoms with E-state index in [2.05, 4.69) is 18.7 Å². The van der Waals surface area contributed by atoms with E-state index in [9.17, 15) is 14.3 Å². The van der Waals surface area contributed by atoms with Gasteiger partial charge in [0.15, 0.2) is 0 Å². The molecule has 1 heterocycles. The Kier molecular flexibility index (Phi) is 17.4. The normalized spacial score (nSPS) is 15.0. The molecule has 1 aliphatic heterocycles. The minimum atomic E-state index is -0.855. The van der Waals surface area contributed by atoms with E-state index in [4.69, 9.17) is 5.73 Å². The molecule has 2 rings (SSSR count). The molecule has 4 nitrogen and oxygen atoms in total. The number of aryl methyl sites for hydroxylation is 1. The number of hydrogen-bond acceptors (Lipinski definition) is 4. The lowest BCUT2D eigenvalue weighted by atomic mass is 10.1. The Morgan fingerprint density at radius 1 is 1.00 bits per heavy atom. The molecule has 0 saturated heterocycles. The van der Waals surface area contributed by atoms with Gasteiger partial charge in [0.1, 0.15) is 11.2 Å². The van der Waals surface area contributed by atoms with Crippen molar-refractivity contribution < 1.29 is 14.3 Å². The summed E-state index contributed by atoms with van der Waals surface area (Å²) in [7, 11) is 0. The van der Waals surface area contributed by atoms with Crippen molar-refractivity contribution in [1.82, 2.24) is 4.90 Å². The van der Waals surface area contributed by atoms with Crippen LogP contribution in [0.3, 0.4) is 0 Å². The highest BCUT2D eigenvalue weighted by atomic mass is 32.2. The third-order valence-electron chi connectivity index (χ3n) is 5.71. The van der Waals surface area contributed by atoms with Crippen LogP contribution in [0.25, 0.3) is 0 Å². The SMILES string of the molecule is CCCCCCCCCCN.CCCN1C=CC=C(C(=O)O)C1SCCCc1ccc(F)cc1. The van der Waals surface area contributed by atoms with Crippen molar-refractivity contribution in [3.05, 3.63) is 59.6 Å². The van der Waals surface area contributed by atoms with Crippen molar-refractivity contribution in [1.29, 1.82) is 0 Å². The number of nitrogens with zero attached hydrogens (tertiary/aromatic N) is 1. The zero-order valence-electron chi connectivity index (χ0n) is 21.2. The molecule has 192 valence electrons. The standard InChI is InChI=1S/C18H22FNO2S.C10H23N/c1-2-11-20-12-3-6-16(18(21)22)17(20)23-13-4-5-14-7-9-15(19)10-8-14;1-2-3-4-5-6-7-8-9-10-11/h3,6-10,12,17H,2,4-5,11,13H2,1H3,(H,21,22);2-11H2,1H3. The summed E-state index contributed by atoms with van der Waals surface area (Å²) in [5.41, 5.74) is 6.94. The van der Waals surface area contributed by atoms with Crippen LogP contribution in [0, 0.1) is 5.82 Å². The number of carbonyl (C=O) groups is 1. The van der Waals surface area contributed by atoms with Crippen LogP contribution in [0.15, 0.2) is 48.2 Å². The van der Waals surface area contributed by atoms with Gasteiger partial charge in [-0.25, -0.2) is 9.18 Å². The first-order valence-electron chi connectivity index (χ1n) is 13.0. The van der Waals surface area contributed by atoms with Crippen LogP contribution in [0.2, 0.25) is 0 Å². The van der Waals surface area contributed by atoms with Crippen molar-refractivity contribution in [3.63, 3.8) is 0 Å². The molecule has 0 fully saturated rings. The number of benzene rings is 1. The van der Waals surface area contributed by atoms with E-state index >= 15 is 0 Å². The number of rotatable bonds is 16. The van der Waals surface area contributed by atoms with E-state index in [1.54, 1.807) is 36.0 Å². The quantitative estimate of drug-likeness (QED) is 0.240. The third kappa shape index (κ3) is 13.2. The molecule has 3 N–H and O–H groups in total. The largest absolute Gasteiger partial charge is 0.478 e. The fourth-order valence-corrected chi connectivity index (χ4v) is 5.07. The van der Waals surface area contributed by atoms with Gasteiger partial charge < -0.3 is 15.7 Å². The highest BCUT2D eigenvalue weighted by Gasteiger charge is 2.26. The summed E-state index contributed by atoms with van der Waals surface area (Å²) < 4.78 is 12.9. The molecule has 34 heavy (non-hydrogen) atoms. The van der Waals surface area contributed by atoms with Gasteiger partial charge in [0, 0.05) is 12.7 Å². The second-order valence-corrected chi connectivity index (χ2v) is 9.91. The average molecular weight is 493 g/mol. The molecule has 6 heteroatoms. The Morgan fingerprint density at radius 3 is 2.24 bits per heavy atom. The van der Waals surface area contributed by atoms with Gasteiger partial charge in [-0.05, 0) is 67.8 Å². The molecule has 0 spiro atoms. The van der Waals surface area contributed by atoms with Gasteiger partial charge in [-0.2, -0.15) is 0 Å². The van der Waals surface area contributed by atoms with E-state index < -0.39 is 5.97 Å². The Labute approximate surface area is 210 Å². The van der Waals surface area contributed by atoms with Crippen molar-refractivity contribution in [2.24, 2.45) is 5.73 Å². The predicted octanol–water partition coefficient (Wildman–Crippen LogP) is 7.15. The van der Waals surface area contributed by atoms with Gasteiger partial charge in [-0.3, -0.25) is 0 Å². The zero-order chi connectivity index (χ0) is 25.0. The maximum absolute atomic E-state index is 12.9. The molecule has 1 unspecified atom stereocenters. The van der Waals surface area contributed by atoms with Gasteiger partial charge in [0.2, 0.25) is 0 Å². The summed E-state index contributed by atoms with van der Waals surface area (Å²) in [5.74, 6) is -0.212. The smallest absolute Gasteiger partial charge is 0.334 e. The fraction of sp³-hybridized carbons (Fsp3) is 0.607. The van der Waals surface area contributed by atoms with Gasteiger partial charge in [-0.1, -0.05) is 70.9 Å². The van der Waals surface area contributed by atoms with Crippen LogP contribution in [0.4, 0.5) is 4.39 Å². The number of halogens is 1. The van der Waals surface area contributed by atoms with Crippen molar-refractivity contribution in [3.8, 4) is 0 Å². The first-order chi connectivity index (χ1) is 16.5. The molecule has 1 aromatic rings. The number of unbranched alkanes of at least 4 members (excludes halogenated alkanes) is 7. The second kappa shape index (κ2) is 19.5. The van der Waals surface area contributed by atoms with Crippen LogP contribution >= 0.6 is 11.8 Å². The molecule has 1 atom stereocenters. The van der Waals surface area contributed by atoms with E-state index in [0.717, 1.165) is 43.7 Å². The third-order valence-corrected chi connectivity index (χ3v) is 7.07. The minimum absolute atomic E-state index is 0.134. The average Bonchev–Trinajstić information content (AvgIpc) is 2.83. The van der Waals surface area contributed by atoms with Gasteiger partial charge >= 0.3 is 5.97 Å². The number of thioether (sulfide) groups is 1. The van der Waals surface area contributed by atoms with Crippen LogP contribution < -0.4 is 5.73 Å². The molecule has 0 saturated carbocycles. The first kappa shape index (κ1) is 30.2. The van der Waals surface area contributed by atoms with Crippen molar-refractivity contribution in [2.45, 2.75) is 89.9 Å². The Morgan fingerprint density at radius 2 is 1.65 bits per heavy atom. The number of carboxylic acids is 1. The van der Waals surface area contributed by atoms with Crippen LogP contribution in [0.1, 0.15) is 83.6 Å². The molecule has 1 aliphatic rings. The lowest BCUT2D eigenvalue weighted by Crippen LogP contribution is -2.35. The molecular formula is C28H45FN2O2S. The maximum Gasteiger partial charge on any atom is 0.334 e. The fourth-order valence-electron chi connectivity index (χ4n) is 3.81. The number of allylic oxidation sites excluding steroid dienone is 2. The summed E-state index contributed by atoms with van der Waals surface area (Å²) in [6.45, 7) is 6.06. The molecule has 0 amide bonds. The zero-order valence-corrected chi connectivity index (χ0v) is 22.0. The van der Waals surface area contributed by atoms with E-state index in [1.165, 1.54) is 63.5 Å². The Hall–Kier alpha value is -1.79. The lowest BCUT2D eigenvalue weighted by molar-refractivity contribution is -0.133. The van der Waals surface area contributed by atoms with Gasteiger partial charge in [0.25, 0.3) is 0 Å². The molecule has 0 aromatic heterocycles. The summed E-state index contributed by atoms with van der Waals surface area (Å²) in [5, 5.41) is 9.24.